The van der Waals surface area contributed by atoms with Crippen LogP contribution in [0.3, 0.4) is 0 Å². The lowest BCUT2D eigenvalue weighted by Gasteiger charge is -2.44. The Morgan fingerprint density at radius 2 is 0.938 bits per heavy atom. The van der Waals surface area contributed by atoms with Gasteiger partial charge in [-0.25, -0.2) is 0 Å². The molecule has 5 rings (SSSR count). The van der Waals surface area contributed by atoms with Crippen LogP contribution >= 0.6 is 22.6 Å². The minimum atomic E-state index is -0.507. The summed E-state index contributed by atoms with van der Waals surface area (Å²) in [5, 5.41) is 10.6. The zero-order chi connectivity index (χ0) is 70.6. The molecule has 14 atom stereocenters. The lowest BCUT2D eigenvalue weighted by Crippen LogP contribution is -2.51. The van der Waals surface area contributed by atoms with Gasteiger partial charge in [-0.15, -0.1) is 13.2 Å². The summed E-state index contributed by atoms with van der Waals surface area (Å²) in [5.41, 5.74) is 2.20. The number of fused-ring (bicyclic) bond motifs is 1. The summed E-state index contributed by atoms with van der Waals surface area (Å²) in [7, 11) is 54.2. The molecule has 0 bridgehead atoms. The van der Waals surface area contributed by atoms with Crippen molar-refractivity contribution in [3.63, 3.8) is 0 Å². The maximum Gasteiger partial charge on any atom is 0.306 e. The Labute approximate surface area is 683 Å². The summed E-state index contributed by atoms with van der Waals surface area (Å²) >= 11 is 11.9. The number of aliphatic hydroxyl groups excluding tert-OH is 1. The Balaban J connectivity index is 0.000000672. The third-order valence-corrected chi connectivity index (χ3v) is 77.5. The van der Waals surface area contributed by atoms with Gasteiger partial charge >= 0.3 is 5.97 Å². The molecule has 97 heavy (non-hydrogen) atoms. The number of carbonyl (C=O) groups excluding carboxylic acids is 2. The van der Waals surface area contributed by atoms with Crippen LogP contribution in [0.4, 0.5) is 0 Å². The van der Waals surface area contributed by atoms with Gasteiger partial charge in [-0.05, 0) is 96.6 Å². The molecule has 0 aliphatic carbocycles. The van der Waals surface area contributed by atoms with Crippen molar-refractivity contribution in [3.8, 4) is 11.5 Å². The van der Waals surface area contributed by atoms with E-state index in [0.717, 1.165) is 65.6 Å². The van der Waals surface area contributed by atoms with Crippen LogP contribution in [-0.2, 0) is 326 Å². The van der Waals surface area contributed by atoms with Gasteiger partial charge in [0.25, 0.3) is 0 Å². The standard InChI is InChI=1S/C27H42O5.C14H19IO2.C13H22O3.CH4.S31/c1-7-9-26-19(4)16-24(29)27(32-26)20(5)15-22(28)14-18(3)25(8-2)31-17-21-10-12-23(30-6)13-11-21;1-4-14(11(2)9-15)17-10-12-5-7-13(16-3)8-6-12;1-4-5-10-8(2)6-11-13(16-10)9(3)7-12(14)15-11;;1-3-5-7-9-11-13-15-17-19-21-23-25-27-29-31-30-28-26-24-22-20-18-16-14-12-10-8-6-4-2/h8,10-13,18-20,24-27,29H,2,7,9,14-17H2,1,3-6H3;4-8,11,14H,1,9-10H2,2-3H3;8-11,13H,4-7H2,1-3H3;1H4;/t18-,19+,20-,24-,25+,26+,27-;11-,14+;8-,9+,10-,11+,13+;;/m001../s1. The predicted octanol–water partition coefficient (Wildman–Crippen LogP) is 12.3. The molecule has 10 nitrogen and oxygen atoms in total. The molecule has 3 heterocycles. The first-order chi connectivity index (χ1) is 46.5. The van der Waals surface area contributed by atoms with E-state index < -0.39 is 6.10 Å². The van der Waals surface area contributed by atoms with E-state index in [0.29, 0.717) is 62.3 Å². The molecular formula is C55H87IO10S31. The second-order valence-corrected chi connectivity index (χ2v) is 73.0. The van der Waals surface area contributed by atoms with Crippen LogP contribution in [0.1, 0.15) is 132 Å². The van der Waals surface area contributed by atoms with Crippen LogP contribution in [-0.4, -0.2) is 84.3 Å². The number of esters is 1. The van der Waals surface area contributed by atoms with Gasteiger partial charge in [0.05, 0.1) is 76.6 Å². The average Bonchev–Trinajstić information content (AvgIpc) is 0.812. The molecule has 3 aliphatic rings. The Bertz CT molecular complexity index is 4020. The molecule has 560 valence electrons. The molecule has 3 saturated heterocycles. The number of carbonyl (C=O) groups is 2. The number of Topliss-reactive ketones (excluding diaryl/α,β-unsaturated/α-hetero) is 1. The van der Waals surface area contributed by atoms with Gasteiger partial charge in [-0.3, -0.25) is 9.59 Å². The maximum atomic E-state index is 12.8. The largest absolute Gasteiger partial charge is 0.497 e. The molecule has 3 aliphatic heterocycles. The third kappa shape index (κ3) is 47.6. The van der Waals surface area contributed by atoms with E-state index in [1.807, 2.05) is 202 Å². The highest BCUT2D eigenvalue weighted by molar-refractivity contribution is 14.1. The van der Waals surface area contributed by atoms with Gasteiger partial charge in [0.2, 0.25) is 0 Å². The minimum absolute atomic E-state index is 0. The average molecular weight is 2030 g/mol. The Hall–Kier alpha value is 4.01. The van der Waals surface area contributed by atoms with Crippen LogP contribution in [0.25, 0.3) is 0 Å². The first-order valence-corrected chi connectivity index (χ1v) is 70.6. The van der Waals surface area contributed by atoms with Gasteiger partial charge < -0.3 is 38.3 Å². The molecule has 2 aromatic carbocycles. The van der Waals surface area contributed by atoms with Crippen LogP contribution < -0.4 is 9.47 Å². The van der Waals surface area contributed by atoms with Crippen molar-refractivity contribution in [2.75, 3.05) is 18.6 Å². The SMILES string of the molecule is C.C=C[C@@H](OCc1ccc(OC)cc1)[C@@H](C)CC(=O)C[C@H](C)[C@@H]1O[C@H](CCC)[C@H](C)C[C@@H]1O.C=C[C@@H](OCc1ccc(OC)cc1)[C@@H](C)CI.CCC[C@H]1O[C@@H]2[C@H](C[C@H]1C)OC(=O)C[C@@H]2C.S=S=S=S=S=S=S=S=S=S=S=S=S=S=S=S=S=S=S=S=S=S=S=S=S=S=S=S=S=S=S. The summed E-state index contributed by atoms with van der Waals surface area (Å²) in [4.78, 5) is 24.2. The fraction of sp³-hybridized carbons (Fsp3) is 0.673. The molecular weight excluding hydrogens is 1940 g/mol. The molecule has 2 aromatic rings. The normalized spacial score (nSPS) is 20.7. The van der Waals surface area contributed by atoms with E-state index >= 15 is 0 Å². The monoisotopic (exact) mass is 2030 g/mol. The number of hydrogen-bond acceptors (Lipinski definition) is 12. The van der Waals surface area contributed by atoms with Crippen LogP contribution in [0, 0.1) is 35.5 Å². The number of alkyl halides is 1. The lowest BCUT2D eigenvalue weighted by molar-refractivity contribution is -0.208. The summed E-state index contributed by atoms with van der Waals surface area (Å²) in [6.45, 7) is 25.8. The van der Waals surface area contributed by atoms with Gasteiger partial charge in [0, 0.05) is 297 Å². The van der Waals surface area contributed by atoms with Gasteiger partial charge in [0.1, 0.15) is 23.4 Å². The molecule has 0 spiro atoms. The second kappa shape index (κ2) is 65.9. The third-order valence-electron chi connectivity index (χ3n) is 13.8. The van der Waals surface area contributed by atoms with Crippen LogP contribution in [0.2, 0.25) is 0 Å². The number of hydrogen-bond donors (Lipinski definition) is 1. The number of benzene rings is 2. The van der Waals surface area contributed by atoms with Crippen molar-refractivity contribution < 1.29 is 47.9 Å². The highest BCUT2D eigenvalue weighted by atomic mass is 127. The Morgan fingerprint density at radius 1 is 0.577 bits per heavy atom. The van der Waals surface area contributed by atoms with Crippen LogP contribution in [0.5, 0.6) is 11.5 Å². The number of ketones is 1. The molecule has 0 saturated carbocycles. The highest BCUT2D eigenvalue weighted by Gasteiger charge is 2.44. The predicted molar refractivity (Wildman–Crippen MR) is 504 cm³/mol. The van der Waals surface area contributed by atoms with E-state index in [9.17, 15) is 14.7 Å². The van der Waals surface area contributed by atoms with Crippen molar-refractivity contribution >= 4 is 314 Å². The van der Waals surface area contributed by atoms with Crippen molar-refractivity contribution in [3.05, 3.63) is 85.0 Å². The summed E-state index contributed by atoms with van der Waals surface area (Å²) in [6, 6.07) is 15.7. The summed E-state index contributed by atoms with van der Waals surface area (Å²) < 4.78 is 41.0. The molecule has 0 aromatic heterocycles. The van der Waals surface area contributed by atoms with Gasteiger partial charge in [-0.1, -0.05) is 135 Å². The number of halogens is 1. The number of aliphatic hydroxyl groups is 1. The molecule has 3 fully saturated rings. The quantitative estimate of drug-likeness (QED) is 0.0523. The van der Waals surface area contributed by atoms with Crippen molar-refractivity contribution in [1.29, 1.82) is 0 Å². The van der Waals surface area contributed by atoms with E-state index in [2.05, 4.69) is 77.3 Å². The molecule has 0 unspecified atom stereocenters. The number of ether oxygens (including phenoxy) is 7. The highest BCUT2D eigenvalue weighted by Crippen LogP contribution is 2.37. The van der Waals surface area contributed by atoms with Crippen molar-refractivity contribution in [1.82, 2.24) is 0 Å². The second-order valence-electron chi connectivity index (χ2n) is 20.8. The van der Waals surface area contributed by atoms with E-state index in [1.54, 1.807) is 127 Å². The molecule has 0 amide bonds. The Morgan fingerprint density at radius 3 is 1.29 bits per heavy atom. The molecule has 0 radical (unpaired) electrons. The van der Waals surface area contributed by atoms with Gasteiger partial charge in [-0.2, -0.15) is 0 Å². The fourth-order valence-corrected chi connectivity index (χ4v) is 84.0. The summed E-state index contributed by atoms with van der Waals surface area (Å²) in [6.07, 6.45) is 10.8. The summed E-state index contributed by atoms with van der Waals surface area (Å²) in [5.74, 6) is 3.45. The molecule has 42 heteroatoms. The minimum Gasteiger partial charge on any atom is -0.497 e. The first kappa shape index (κ1) is 99.0. The van der Waals surface area contributed by atoms with Crippen molar-refractivity contribution in [2.24, 2.45) is 35.5 Å². The van der Waals surface area contributed by atoms with E-state index in [-0.39, 0.29) is 67.6 Å². The topological polar surface area (TPSA) is 119 Å². The molecule has 1 N–H and O–H groups in total. The number of methoxy groups -OCH3 is 2. The van der Waals surface area contributed by atoms with Gasteiger partial charge in [0.15, 0.2) is 0 Å². The lowest BCUT2D eigenvalue weighted by atomic mass is 9.82. The first-order valence-electron chi connectivity index (χ1n) is 29.1. The van der Waals surface area contributed by atoms with Crippen molar-refractivity contribution in [2.45, 2.75) is 183 Å². The smallest absolute Gasteiger partial charge is 0.306 e. The van der Waals surface area contributed by atoms with E-state index in [4.69, 9.17) is 55.5 Å². The fourth-order valence-electron chi connectivity index (χ4n) is 9.35. The maximum absolute atomic E-state index is 12.8. The number of rotatable bonds is 22. The Kier molecular flexibility index (Phi) is 67.2. The van der Waals surface area contributed by atoms with E-state index in [1.165, 1.54) is 17.8 Å². The zero-order valence-corrected chi connectivity index (χ0v) is 81.4. The zero-order valence-electron chi connectivity index (χ0n) is 53.9. The van der Waals surface area contributed by atoms with Crippen LogP contribution in [0.15, 0.2) is 73.8 Å².